The molecule has 0 amide bonds. The molecule has 0 bridgehead atoms. The van der Waals surface area contributed by atoms with Gasteiger partial charge < -0.3 is 15.6 Å². The Morgan fingerprint density at radius 3 is 1.91 bits per heavy atom. The molecular formula is C16H32KNO4. The first kappa shape index (κ1) is 24.9. The Balaban J connectivity index is 0. The zero-order valence-corrected chi connectivity index (χ0v) is 13.5. The molecule has 0 aliphatic rings. The third kappa shape index (κ3) is 14.3. The number of ether oxygens (including phenoxy) is 1. The molecule has 0 spiro atoms. The zero-order valence-electron chi connectivity index (χ0n) is 13.5. The van der Waals surface area contributed by atoms with Crippen LogP contribution in [-0.2, 0) is 14.3 Å². The summed E-state index contributed by atoms with van der Waals surface area (Å²) in [5, 5.41) is 9.12. The van der Waals surface area contributed by atoms with Gasteiger partial charge in [0.25, 0.3) is 0 Å². The van der Waals surface area contributed by atoms with Crippen LogP contribution in [0.15, 0.2) is 0 Å². The van der Waals surface area contributed by atoms with Crippen molar-refractivity contribution in [2.24, 2.45) is 5.73 Å². The summed E-state index contributed by atoms with van der Waals surface area (Å²) in [5.74, 6) is -1.41. The molecule has 0 aliphatic heterocycles. The molecule has 6 heteroatoms. The van der Waals surface area contributed by atoms with Gasteiger partial charge in [-0.2, -0.15) is 0 Å². The molecule has 0 unspecified atom stereocenters. The molecule has 2 atom stereocenters. The molecule has 0 saturated heterocycles. The molecule has 0 aromatic carbocycles. The minimum atomic E-state index is -1.16. The summed E-state index contributed by atoms with van der Waals surface area (Å²) in [5.41, 5.74) is 5.38. The van der Waals surface area contributed by atoms with Gasteiger partial charge in [0.15, 0.2) is 0 Å². The fourth-order valence-corrected chi connectivity index (χ4v) is 2.01. The summed E-state index contributed by atoms with van der Waals surface area (Å²) in [4.78, 5) is 22.7. The number of carbonyl (C=O) groups is 2. The second kappa shape index (κ2) is 16.6. The molecule has 0 radical (unpaired) electrons. The third-order valence-corrected chi connectivity index (χ3v) is 3.49. The van der Waals surface area contributed by atoms with Crippen molar-refractivity contribution in [3.63, 3.8) is 0 Å². The number of hydrogen-bond donors (Lipinski definition) is 2. The Bertz CT molecular complexity index is 298. The third-order valence-electron chi connectivity index (χ3n) is 3.49. The molecule has 0 heterocycles. The van der Waals surface area contributed by atoms with Gasteiger partial charge in [-0.25, -0.2) is 4.79 Å². The average Bonchev–Trinajstić information content (AvgIpc) is 2.44. The van der Waals surface area contributed by atoms with Gasteiger partial charge in [-0.1, -0.05) is 58.3 Å². The van der Waals surface area contributed by atoms with Crippen LogP contribution >= 0.6 is 0 Å². The van der Waals surface area contributed by atoms with Gasteiger partial charge in [-0.15, -0.1) is 0 Å². The zero-order chi connectivity index (χ0) is 16.1. The normalized spacial score (nSPS) is 13.1. The Labute approximate surface area is 177 Å². The van der Waals surface area contributed by atoms with Gasteiger partial charge in [0.2, 0.25) is 0 Å². The fourth-order valence-electron chi connectivity index (χ4n) is 2.01. The number of carbonyl (C=O) groups excluding carboxylic acids is 2. The number of aliphatic hydroxyl groups excluding tert-OH is 1. The number of hydrogen-bond acceptors (Lipinski definition) is 5. The minimum absolute atomic E-state index is 0. The van der Waals surface area contributed by atoms with Crippen LogP contribution in [0.2, 0.25) is 0 Å². The maximum atomic E-state index is 11.4. The predicted molar refractivity (Wildman–Crippen MR) is 89.7 cm³/mol. The van der Waals surface area contributed by atoms with E-state index in [1.54, 1.807) is 0 Å². The van der Waals surface area contributed by atoms with Crippen molar-refractivity contribution in [2.45, 2.75) is 90.2 Å². The summed E-state index contributed by atoms with van der Waals surface area (Å²) in [6, 6.07) is -1.16. The summed E-state index contributed by atoms with van der Waals surface area (Å²) in [7, 11) is 0. The number of aliphatic hydroxyl groups is 1. The molecule has 3 N–H and O–H groups in total. The van der Waals surface area contributed by atoms with Gasteiger partial charge in [0.1, 0.15) is 6.04 Å². The maximum absolute atomic E-state index is 11.4. The SMILES string of the molecule is CCCCCCCCCCCC(=O)OC(=O)[C@@H](N)[C@@H](C)O.[KH]. The number of unbranched alkanes of at least 4 members (excludes halogenated alkanes) is 8. The molecule has 126 valence electrons. The van der Waals surface area contributed by atoms with Crippen molar-refractivity contribution in [3.05, 3.63) is 0 Å². The van der Waals surface area contributed by atoms with E-state index < -0.39 is 24.1 Å². The van der Waals surface area contributed by atoms with Crippen LogP contribution < -0.4 is 5.73 Å². The quantitative estimate of drug-likeness (QED) is 0.245. The Morgan fingerprint density at radius 1 is 1.00 bits per heavy atom. The van der Waals surface area contributed by atoms with Gasteiger partial charge in [0.05, 0.1) is 6.10 Å². The van der Waals surface area contributed by atoms with Gasteiger partial charge in [0, 0.05) is 6.42 Å². The van der Waals surface area contributed by atoms with Crippen LogP contribution in [0.5, 0.6) is 0 Å². The summed E-state index contributed by atoms with van der Waals surface area (Å²) in [6.45, 7) is 3.59. The van der Waals surface area contributed by atoms with E-state index >= 15 is 0 Å². The van der Waals surface area contributed by atoms with Crippen LogP contribution in [0.25, 0.3) is 0 Å². The van der Waals surface area contributed by atoms with E-state index in [0.717, 1.165) is 19.3 Å². The molecule has 0 fully saturated rings. The van der Waals surface area contributed by atoms with E-state index in [-0.39, 0.29) is 57.8 Å². The van der Waals surface area contributed by atoms with Crippen molar-refractivity contribution in [1.29, 1.82) is 0 Å². The predicted octanol–water partition coefficient (Wildman–Crippen LogP) is 2.04. The van der Waals surface area contributed by atoms with Crippen molar-refractivity contribution >= 4 is 63.3 Å². The Kier molecular flexibility index (Phi) is 18.8. The van der Waals surface area contributed by atoms with Crippen molar-refractivity contribution in [3.8, 4) is 0 Å². The van der Waals surface area contributed by atoms with Crippen LogP contribution in [0.4, 0.5) is 0 Å². The second-order valence-corrected chi connectivity index (χ2v) is 5.64. The molecule has 0 rings (SSSR count). The van der Waals surface area contributed by atoms with Crippen LogP contribution in [-0.4, -0.2) is 80.6 Å². The molecule has 22 heavy (non-hydrogen) atoms. The average molecular weight is 342 g/mol. The molecule has 0 aromatic rings. The molecule has 0 saturated carbocycles. The standard InChI is InChI=1S/C16H31NO4.K.H/c1-3-4-5-6-7-8-9-10-11-12-14(19)21-16(20)15(17)13(2)18;;/h13,15,18H,3-12,17H2,1-2H3;;/t13-,15+;;/m1../s1. The summed E-state index contributed by atoms with van der Waals surface area (Å²) >= 11 is 0. The second-order valence-electron chi connectivity index (χ2n) is 5.64. The number of nitrogens with two attached hydrogens (primary N) is 1. The Hall–Kier alpha value is 0.696. The van der Waals surface area contributed by atoms with Crippen LogP contribution in [0.1, 0.15) is 78.1 Å². The molecule has 0 aromatic heterocycles. The summed E-state index contributed by atoms with van der Waals surface area (Å²) in [6.07, 6.45) is 9.66. The van der Waals surface area contributed by atoms with E-state index in [4.69, 9.17) is 10.8 Å². The van der Waals surface area contributed by atoms with E-state index in [9.17, 15) is 9.59 Å². The van der Waals surface area contributed by atoms with Crippen molar-refractivity contribution < 1.29 is 19.4 Å². The van der Waals surface area contributed by atoms with Gasteiger partial charge >= 0.3 is 63.3 Å². The number of esters is 2. The topological polar surface area (TPSA) is 89.6 Å². The number of rotatable bonds is 12. The Morgan fingerprint density at radius 2 is 1.45 bits per heavy atom. The van der Waals surface area contributed by atoms with Crippen molar-refractivity contribution in [2.75, 3.05) is 0 Å². The summed E-state index contributed by atoms with van der Waals surface area (Å²) < 4.78 is 4.58. The molecule has 0 aliphatic carbocycles. The van der Waals surface area contributed by atoms with E-state index in [1.807, 2.05) is 0 Å². The van der Waals surface area contributed by atoms with Crippen molar-refractivity contribution in [1.82, 2.24) is 0 Å². The molecular weight excluding hydrogens is 309 g/mol. The monoisotopic (exact) mass is 341 g/mol. The van der Waals surface area contributed by atoms with E-state index in [0.29, 0.717) is 0 Å². The van der Waals surface area contributed by atoms with E-state index in [1.165, 1.54) is 45.4 Å². The molecule has 5 nitrogen and oxygen atoms in total. The van der Waals surface area contributed by atoms with Gasteiger partial charge in [-0.05, 0) is 13.3 Å². The van der Waals surface area contributed by atoms with Crippen LogP contribution in [0, 0.1) is 0 Å². The van der Waals surface area contributed by atoms with E-state index in [2.05, 4.69) is 11.7 Å². The van der Waals surface area contributed by atoms with Crippen LogP contribution in [0.3, 0.4) is 0 Å². The van der Waals surface area contributed by atoms with Gasteiger partial charge in [-0.3, -0.25) is 4.79 Å². The first-order valence-corrected chi connectivity index (χ1v) is 8.17. The fraction of sp³-hybridized carbons (Fsp3) is 0.875. The first-order chi connectivity index (χ1) is 9.99. The first-order valence-electron chi connectivity index (χ1n) is 8.17.